The second-order valence-electron chi connectivity index (χ2n) is 5.80. The van der Waals surface area contributed by atoms with E-state index >= 15 is 0 Å². The summed E-state index contributed by atoms with van der Waals surface area (Å²) in [5.41, 5.74) is 1.40. The molecule has 0 spiro atoms. The average molecular weight is 373 g/mol. The van der Waals surface area contributed by atoms with Crippen LogP contribution in [-0.2, 0) is 0 Å². The van der Waals surface area contributed by atoms with Crippen LogP contribution in [0, 0.1) is 0 Å². The predicted molar refractivity (Wildman–Crippen MR) is 98.8 cm³/mol. The molecule has 3 rings (SSSR count). The normalized spacial score (nSPS) is 10.7. The fourth-order valence-electron chi connectivity index (χ4n) is 2.34. The van der Waals surface area contributed by atoms with Gasteiger partial charge in [-0.05, 0) is 29.8 Å². The number of halogens is 2. The SMILES string of the molecule is CN(C)c1nccc(Nc2cc(-c3ccc(OC(F)F)cc3)c[nH]c2=O)n1. The molecule has 7 nitrogen and oxygen atoms in total. The number of pyridine rings is 1. The molecule has 2 N–H and O–H groups in total. The topological polar surface area (TPSA) is 83.1 Å². The number of benzene rings is 1. The van der Waals surface area contributed by atoms with Crippen LogP contribution in [0.4, 0.5) is 26.2 Å². The highest BCUT2D eigenvalue weighted by atomic mass is 19.3. The Morgan fingerprint density at radius 2 is 1.89 bits per heavy atom. The molecule has 0 saturated carbocycles. The van der Waals surface area contributed by atoms with Crippen LogP contribution in [0.3, 0.4) is 0 Å². The number of nitrogens with one attached hydrogen (secondary N) is 2. The van der Waals surface area contributed by atoms with Gasteiger partial charge in [0.25, 0.3) is 5.56 Å². The van der Waals surface area contributed by atoms with Crippen LogP contribution >= 0.6 is 0 Å². The average Bonchev–Trinajstić information content (AvgIpc) is 2.64. The minimum atomic E-state index is -2.88. The van der Waals surface area contributed by atoms with Crippen molar-refractivity contribution in [2.24, 2.45) is 0 Å². The van der Waals surface area contributed by atoms with Gasteiger partial charge < -0.3 is 19.9 Å². The number of nitrogens with zero attached hydrogens (tertiary/aromatic N) is 3. The number of H-pyrrole nitrogens is 1. The molecule has 0 atom stereocenters. The van der Waals surface area contributed by atoms with E-state index < -0.39 is 6.61 Å². The molecule has 3 aromatic rings. The van der Waals surface area contributed by atoms with E-state index in [4.69, 9.17) is 0 Å². The van der Waals surface area contributed by atoms with E-state index in [0.29, 0.717) is 23.0 Å². The number of aromatic nitrogens is 3. The lowest BCUT2D eigenvalue weighted by Crippen LogP contribution is -2.15. The Morgan fingerprint density at radius 3 is 2.56 bits per heavy atom. The van der Waals surface area contributed by atoms with Crippen molar-refractivity contribution in [2.45, 2.75) is 6.61 Å². The van der Waals surface area contributed by atoms with Crippen LogP contribution in [0.2, 0.25) is 0 Å². The molecule has 0 saturated heterocycles. The lowest BCUT2D eigenvalue weighted by molar-refractivity contribution is -0.0498. The first kappa shape index (κ1) is 18.3. The van der Waals surface area contributed by atoms with Crippen LogP contribution in [0.5, 0.6) is 5.75 Å². The number of aromatic amines is 1. The highest BCUT2D eigenvalue weighted by molar-refractivity contribution is 5.69. The first-order valence-corrected chi connectivity index (χ1v) is 7.98. The smallest absolute Gasteiger partial charge is 0.387 e. The predicted octanol–water partition coefficient (Wildman–Crippen LogP) is 3.24. The molecular formula is C18H17F2N5O2. The highest BCUT2D eigenvalue weighted by Crippen LogP contribution is 2.24. The fraction of sp³-hybridized carbons (Fsp3) is 0.167. The van der Waals surface area contributed by atoms with Crippen molar-refractivity contribution in [3.8, 4) is 16.9 Å². The zero-order chi connectivity index (χ0) is 19.4. The first-order valence-electron chi connectivity index (χ1n) is 7.98. The van der Waals surface area contributed by atoms with E-state index in [-0.39, 0.29) is 11.3 Å². The van der Waals surface area contributed by atoms with E-state index in [1.165, 1.54) is 12.1 Å². The van der Waals surface area contributed by atoms with Gasteiger partial charge in [0.15, 0.2) is 0 Å². The minimum absolute atomic E-state index is 0.0636. The van der Waals surface area contributed by atoms with Gasteiger partial charge in [-0.2, -0.15) is 13.8 Å². The summed E-state index contributed by atoms with van der Waals surface area (Å²) in [6, 6.07) is 9.43. The van der Waals surface area contributed by atoms with E-state index in [1.807, 2.05) is 14.1 Å². The number of alkyl halides is 2. The number of rotatable bonds is 6. The second-order valence-corrected chi connectivity index (χ2v) is 5.80. The number of ether oxygens (including phenoxy) is 1. The second kappa shape index (κ2) is 7.81. The van der Waals surface area contributed by atoms with Crippen molar-refractivity contribution in [2.75, 3.05) is 24.3 Å². The van der Waals surface area contributed by atoms with Gasteiger partial charge in [-0.15, -0.1) is 0 Å². The summed E-state index contributed by atoms with van der Waals surface area (Å²) < 4.78 is 28.8. The summed E-state index contributed by atoms with van der Waals surface area (Å²) in [5, 5.41) is 2.97. The largest absolute Gasteiger partial charge is 0.435 e. The monoisotopic (exact) mass is 373 g/mol. The van der Waals surface area contributed by atoms with Crippen LogP contribution in [0.1, 0.15) is 0 Å². The van der Waals surface area contributed by atoms with Crippen LogP contribution in [0.25, 0.3) is 11.1 Å². The van der Waals surface area contributed by atoms with Gasteiger partial charge in [0.05, 0.1) is 0 Å². The van der Waals surface area contributed by atoms with E-state index in [9.17, 15) is 13.6 Å². The molecule has 2 aromatic heterocycles. The van der Waals surface area contributed by atoms with Gasteiger partial charge in [0.2, 0.25) is 5.95 Å². The van der Waals surface area contributed by atoms with Crippen molar-refractivity contribution in [1.82, 2.24) is 15.0 Å². The number of anilines is 3. The van der Waals surface area contributed by atoms with Gasteiger partial charge in [0, 0.05) is 32.1 Å². The lowest BCUT2D eigenvalue weighted by atomic mass is 10.1. The Labute approximate surface area is 153 Å². The third kappa shape index (κ3) is 4.57. The fourth-order valence-corrected chi connectivity index (χ4v) is 2.34. The molecule has 27 heavy (non-hydrogen) atoms. The van der Waals surface area contributed by atoms with Gasteiger partial charge in [0.1, 0.15) is 17.3 Å². The Morgan fingerprint density at radius 1 is 1.15 bits per heavy atom. The Hall–Kier alpha value is -3.49. The van der Waals surface area contributed by atoms with Gasteiger partial charge in [-0.3, -0.25) is 4.79 Å². The van der Waals surface area contributed by atoms with Crippen molar-refractivity contribution >= 4 is 17.5 Å². The Bertz CT molecular complexity index is 974. The van der Waals surface area contributed by atoms with Crippen LogP contribution in [0.15, 0.2) is 53.6 Å². The van der Waals surface area contributed by atoms with E-state index in [0.717, 1.165) is 5.56 Å². The van der Waals surface area contributed by atoms with Crippen molar-refractivity contribution in [1.29, 1.82) is 0 Å². The summed E-state index contributed by atoms with van der Waals surface area (Å²) in [7, 11) is 3.63. The van der Waals surface area contributed by atoms with Crippen molar-refractivity contribution < 1.29 is 13.5 Å². The van der Waals surface area contributed by atoms with Crippen molar-refractivity contribution in [3.63, 3.8) is 0 Å². The molecule has 0 bridgehead atoms. The summed E-state index contributed by atoms with van der Waals surface area (Å²) >= 11 is 0. The summed E-state index contributed by atoms with van der Waals surface area (Å²) in [6.07, 6.45) is 3.13. The van der Waals surface area contributed by atoms with Gasteiger partial charge in [-0.25, -0.2) is 4.98 Å². The molecule has 2 heterocycles. The number of hydrogen-bond acceptors (Lipinski definition) is 6. The van der Waals surface area contributed by atoms with E-state index in [2.05, 4.69) is 25.0 Å². The first-order chi connectivity index (χ1) is 12.9. The maximum Gasteiger partial charge on any atom is 0.387 e. The molecule has 0 radical (unpaired) electrons. The molecule has 140 valence electrons. The van der Waals surface area contributed by atoms with Gasteiger partial charge in [-0.1, -0.05) is 12.1 Å². The molecule has 0 unspecified atom stereocenters. The Balaban J connectivity index is 1.86. The molecule has 0 aliphatic carbocycles. The maximum atomic E-state index is 12.2. The van der Waals surface area contributed by atoms with E-state index in [1.54, 1.807) is 41.6 Å². The molecule has 9 heteroatoms. The van der Waals surface area contributed by atoms with Gasteiger partial charge >= 0.3 is 6.61 Å². The standard InChI is InChI=1S/C18H17F2N5O2/c1-25(2)18-21-8-7-15(24-18)23-14-9-12(10-22-16(14)26)11-3-5-13(6-4-11)27-17(19)20/h3-10,17H,1-2H3,(H,22,26)(H,21,23,24). The summed E-state index contributed by atoms with van der Waals surface area (Å²) in [4.78, 5) is 25.0. The zero-order valence-corrected chi connectivity index (χ0v) is 14.6. The molecule has 0 amide bonds. The highest BCUT2D eigenvalue weighted by Gasteiger charge is 2.08. The third-order valence-electron chi connectivity index (χ3n) is 3.62. The Kier molecular flexibility index (Phi) is 5.30. The third-order valence-corrected chi connectivity index (χ3v) is 3.62. The molecule has 0 aliphatic heterocycles. The molecule has 1 aromatic carbocycles. The zero-order valence-electron chi connectivity index (χ0n) is 14.6. The summed E-state index contributed by atoms with van der Waals surface area (Å²) in [6.45, 7) is -2.88. The minimum Gasteiger partial charge on any atom is -0.435 e. The maximum absolute atomic E-state index is 12.2. The van der Waals surface area contributed by atoms with Crippen molar-refractivity contribution in [3.05, 3.63) is 59.1 Å². The summed E-state index contributed by atoms with van der Waals surface area (Å²) in [5.74, 6) is 1.04. The molecular weight excluding hydrogens is 356 g/mol. The lowest BCUT2D eigenvalue weighted by Gasteiger charge is -2.12. The van der Waals surface area contributed by atoms with Crippen LogP contribution < -0.4 is 20.5 Å². The quantitative estimate of drug-likeness (QED) is 0.690. The molecule has 0 aliphatic rings. The van der Waals surface area contributed by atoms with Crippen LogP contribution in [-0.4, -0.2) is 35.7 Å². The molecule has 0 fully saturated rings. The number of hydrogen-bond donors (Lipinski definition) is 2.